The number of rotatable bonds is 4. The first-order chi connectivity index (χ1) is 12.2. The largest absolute Gasteiger partial charge is 0.342 e. The number of amides is 2. The van der Waals surface area contributed by atoms with Gasteiger partial charge in [-0.05, 0) is 23.8 Å². The molecule has 5 nitrogen and oxygen atoms in total. The van der Waals surface area contributed by atoms with Crippen LogP contribution in [0.4, 0.5) is 0 Å². The summed E-state index contributed by atoms with van der Waals surface area (Å²) in [5, 5.41) is 5.12. The molecule has 1 aliphatic carbocycles. The quantitative estimate of drug-likeness (QED) is 0.895. The lowest BCUT2D eigenvalue weighted by molar-refractivity contribution is -0.153. The van der Waals surface area contributed by atoms with Crippen LogP contribution in [0.5, 0.6) is 0 Å². The maximum absolute atomic E-state index is 12.9. The van der Waals surface area contributed by atoms with E-state index in [1.165, 1.54) is 37.0 Å². The van der Waals surface area contributed by atoms with E-state index in [0.717, 1.165) is 19.5 Å². The Labute approximate surface area is 153 Å². The first kappa shape index (κ1) is 17.0. The summed E-state index contributed by atoms with van der Waals surface area (Å²) in [6.07, 6.45) is 7.09. The van der Waals surface area contributed by atoms with Crippen molar-refractivity contribution in [2.75, 3.05) is 19.6 Å². The molecule has 136 valence electrons. The van der Waals surface area contributed by atoms with Crippen LogP contribution in [0.2, 0.25) is 0 Å². The van der Waals surface area contributed by atoms with E-state index < -0.39 is 0 Å². The Bertz CT molecular complexity index is 612. The molecule has 1 aromatic heterocycles. The Balaban J connectivity index is 1.37. The Morgan fingerprint density at radius 3 is 2.76 bits per heavy atom. The van der Waals surface area contributed by atoms with E-state index in [-0.39, 0.29) is 23.9 Å². The lowest BCUT2D eigenvalue weighted by Crippen LogP contribution is -2.69. The van der Waals surface area contributed by atoms with E-state index >= 15 is 0 Å². The van der Waals surface area contributed by atoms with E-state index in [4.69, 9.17) is 0 Å². The maximum atomic E-state index is 12.9. The van der Waals surface area contributed by atoms with E-state index in [2.05, 4.69) is 27.7 Å². The zero-order valence-corrected chi connectivity index (χ0v) is 15.5. The van der Waals surface area contributed by atoms with Crippen molar-refractivity contribution >= 4 is 23.2 Å². The van der Waals surface area contributed by atoms with Crippen molar-refractivity contribution < 1.29 is 9.59 Å². The molecule has 1 N–H and O–H groups in total. The van der Waals surface area contributed by atoms with Gasteiger partial charge < -0.3 is 10.2 Å². The van der Waals surface area contributed by atoms with Crippen LogP contribution in [0.1, 0.15) is 43.4 Å². The molecule has 1 saturated carbocycles. The average Bonchev–Trinajstić information content (AvgIpc) is 3.13. The fraction of sp³-hybridized carbons (Fsp3) is 0.684. The van der Waals surface area contributed by atoms with Gasteiger partial charge in [-0.2, -0.15) is 0 Å². The van der Waals surface area contributed by atoms with Crippen molar-refractivity contribution in [1.82, 2.24) is 15.1 Å². The van der Waals surface area contributed by atoms with Gasteiger partial charge in [0.05, 0.1) is 0 Å². The van der Waals surface area contributed by atoms with Crippen LogP contribution < -0.4 is 5.32 Å². The van der Waals surface area contributed by atoms with Gasteiger partial charge in [-0.15, -0.1) is 11.3 Å². The summed E-state index contributed by atoms with van der Waals surface area (Å²) >= 11 is 1.74. The van der Waals surface area contributed by atoms with E-state index in [1.54, 1.807) is 11.3 Å². The molecule has 0 unspecified atom stereocenters. The molecule has 2 aliphatic heterocycles. The number of hydrogen-bond acceptors (Lipinski definition) is 4. The number of thiophene rings is 1. The van der Waals surface area contributed by atoms with Gasteiger partial charge in [0.15, 0.2) is 0 Å². The predicted molar refractivity (Wildman–Crippen MR) is 98.2 cm³/mol. The van der Waals surface area contributed by atoms with Crippen LogP contribution in [0.15, 0.2) is 17.5 Å². The fourth-order valence-corrected chi connectivity index (χ4v) is 5.29. The molecule has 3 fully saturated rings. The van der Waals surface area contributed by atoms with Gasteiger partial charge >= 0.3 is 0 Å². The molecule has 4 rings (SSSR count). The molecule has 1 aromatic rings. The number of hydrogen-bond donors (Lipinski definition) is 1. The van der Waals surface area contributed by atoms with Crippen LogP contribution in [-0.4, -0.2) is 53.3 Å². The molecule has 3 heterocycles. The number of nitrogens with zero attached hydrogens (tertiary/aromatic N) is 2. The number of carbonyl (C=O) groups excluding carboxylic acids is 2. The summed E-state index contributed by atoms with van der Waals surface area (Å²) in [6.45, 7) is 3.04. The smallest absolute Gasteiger partial charge is 0.245 e. The summed E-state index contributed by atoms with van der Waals surface area (Å²) in [6, 6.07) is 3.58. The highest BCUT2D eigenvalue weighted by atomic mass is 32.1. The number of nitrogens with one attached hydrogen (secondary N) is 1. The van der Waals surface area contributed by atoms with Crippen LogP contribution >= 0.6 is 11.3 Å². The normalized spacial score (nSPS) is 28.7. The lowest BCUT2D eigenvalue weighted by atomic mass is 9.84. The zero-order valence-electron chi connectivity index (χ0n) is 14.7. The summed E-state index contributed by atoms with van der Waals surface area (Å²) in [5.41, 5.74) is 0. The summed E-state index contributed by atoms with van der Waals surface area (Å²) in [7, 11) is 0. The predicted octanol–water partition coefficient (Wildman–Crippen LogP) is 2.23. The van der Waals surface area contributed by atoms with Crippen molar-refractivity contribution in [2.45, 2.75) is 57.2 Å². The molecule has 2 atom stereocenters. The summed E-state index contributed by atoms with van der Waals surface area (Å²) in [5.74, 6) is 0.780. The zero-order chi connectivity index (χ0) is 17.2. The van der Waals surface area contributed by atoms with Crippen LogP contribution in [0.3, 0.4) is 0 Å². The second-order valence-corrected chi connectivity index (χ2v) is 8.70. The number of piperazine rings is 2. The van der Waals surface area contributed by atoms with Crippen LogP contribution in [0, 0.1) is 5.92 Å². The Hall–Kier alpha value is -1.40. The second-order valence-electron chi connectivity index (χ2n) is 7.66. The van der Waals surface area contributed by atoms with Crippen LogP contribution in [0.25, 0.3) is 0 Å². The third-order valence-corrected chi connectivity index (χ3v) is 6.78. The lowest BCUT2D eigenvalue weighted by Gasteiger charge is -2.45. The van der Waals surface area contributed by atoms with Crippen molar-refractivity contribution in [3.8, 4) is 0 Å². The highest BCUT2D eigenvalue weighted by molar-refractivity contribution is 7.09. The molecule has 0 radical (unpaired) electrons. The van der Waals surface area contributed by atoms with Crippen LogP contribution in [-0.2, 0) is 16.1 Å². The molecule has 0 aromatic carbocycles. The fourth-order valence-electron chi connectivity index (χ4n) is 4.54. The van der Waals surface area contributed by atoms with Gasteiger partial charge in [-0.1, -0.05) is 38.2 Å². The average molecular weight is 362 g/mol. The molecular formula is C19H27N3O2S. The van der Waals surface area contributed by atoms with E-state index in [0.29, 0.717) is 19.0 Å². The minimum absolute atomic E-state index is 0.0382. The SMILES string of the molecule is O=C1N[C@@H](CC2CCCCC2)C(=O)N2CCN(Cc3cccs3)C[C@H]12. The maximum Gasteiger partial charge on any atom is 0.245 e. The minimum atomic E-state index is -0.316. The monoisotopic (exact) mass is 361 g/mol. The summed E-state index contributed by atoms with van der Waals surface area (Å²) in [4.78, 5) is 31.0. The van der Waals surface area contributed by atoms with Gasteiger partial charge in [0, 0.05) is 31.1 Å². The van der Waals surface area contributed by atoms with Crippen molar-refractivity contribution in [3.05, 3.63) is 22.4 Å². The third-order valence-electron chi connectivity index (χ3n) is 5.92. The number of fused-ring (bicyclic) bond motifs is 1. The van der Waals surface area contributed by atoms with Gasteiger partial charge in [-0.3, -0.25) is 14.5 Å². The molecular weight excluding hydrogens is 334 g/mol. The standard InChI is InChI=1S/C19H27N3O2S/c23-18-17-13-21(12-15-7-4-10-25-15)8-9-22(17)19(24)16(20-18)11-14-5-2-1-3-6-14/h4,7,10,14,16-17H,1-3,5-6,8-9,11-13H2,(H,20,23)/t16-,17+/m0/s1. The van der Waals surface area contributed by atoms with E-state index in [1.807, 2.05) is 4.90 Å². The molecule has 25 heavy (non-hydrogen) atoms. The highest BCUT2D eigenvalue weighted by Gasteiger charge is 2.43. The molecule has 0 bridgehead atoms. The molecule has 3 aliphatic rings. The molecule has 6 heteroatoms. The van der Waals surface area contributed by atoms with Gasteiger partial charge in [0.25, 0.3) is 0 Å². The van der Waals surface area contributed by atoms with Gasteiger partial charge in [0.2, 0.25) is 11.8 Å². The minimum Gasteiger partial charge on any atom is -0.342 e. The summed E-state index contributed by atoms with van der Waals surface area (Å²) < 4.78 is 0. The van der Waals surface area contributed by atoms with Crippen molar-refractivity contribution in [2.24, 2.45) is 5.92 Å². The molecule has 0 spiro atoms. The second kappa shape index (κ2) is 7.46. The molecule has 2 amide bonds. The first-order valence-corrected chi connectivity index (χ1v) is 10.4. The number of carbonyl (C=O) groups is 2. The Kier molecular flexibility index (Phi) is 5.08. The van der Waals surface area contributed by atoms with Crippen molar-refractivity contribution in [1.29, 1.82) is 0 Å². The third kappa shape index (κ3) is 3.75. The van der Waals surface area contributed by atoms with Crippen molar-refractivity contribution in [3.63, 3.8) is 0 Å². The highest BCUT2D eigenvalue weighted by Crippen LogP contribution is 2.29. The van der Waals surface area contributed by atoms with Gasteiger partial charge in [-0.25, -0.2) is 0 Å². The topological polar surface area (TPSA) is 52.7 Å². The Morgan fingerprint density at radius 1 is 1.16 bits per heavy atom. The first-order valence-electron chi connectivity index (χ1n) is 9.56. The van der Waals surface area contributed by atoms with E-state index in [9.17, 15) is 9.59 Å². The van der Waals surface area contributed by atoms with Gasteiger partial charge in [0.1, 0.15) is 12.1 Å². The molecule has 2 saturated heterocycles. The Morgan fingerprint density at radius 2 is 2.00 bits per heavy atom.